The highest BCUT2D eigenvalue weighted by atomic mass is 35.5. The first-order chi connectivity index (χ1) is 9.04. The van der Waals surface area contributed by atoms with Gasteiger partial charge in [-0.2, -0.15) is 0 Å². The van der Waals surface area contributed by atoms with Gasteiger partial charge in [-0.05, 0) is 39.3 Å². The molecule has 1 heterocycles. The Morgan fingerprint density at radius 3 is 2.74 bits per heavy atom. The predicted octanol–water partition coefficient (Wildman–Crippen LogP) is 4.07. The fraction of sp³-hybridized carbons (Fsp3) is 0.533. The average molecular weight is 281 g/mol. The highest BCUT2D eigenvalue weighted by Gasteiger charge is 2.17. The molecule has 0 saturated carbocycles. The fourth-order valence-electron chi connectivity index (χ4n) is 2.39. The second kappa shape index (κ2) is 5.93. The van der Waals surface area contributed by atoms with Crippen LogP contribution in [-0.2, 0) is 11.3 Å². The number of aryl methyl sites for hydroxylation is 1. The number of nitrogens with zero attached hydrogens (tertiary/aromatic N) is 2. The van der Waals surface area contributed by atoms with E-state index in [-0.39, 0.29) is 11.5 Å². The number of rotatable bonds is 5. The zero-order valence-electron chi connectivity index (χ0n) is 12.0. The normalized spacial score (nSPS) is 14.8. The third-order valence-electron chi connectivity index (χ3n) is 3.26. The quantitative estimate of drug-likeness (QED) is 0.772. The molecule has 0 aliphatic heterocycles. The summed E-state index contributed by atoms with van der Waals surface area (Å²) in [5.41, 5.74) is 3.35. The second-order valence-electron chi connectivity index (χ2n) is 4.91. The number of aromatic nitrogens is 2. The highest BCUT2D eigenvalue weighted by Crippen LogP contribution is 2.26. The van der Waals surface area contributed by atoms with Crippen LogP contribution in [0.1, 0.15) is 37.5 Å². The molecule has 19 heavy (non-hydrogen) atoms. The molecule has 0 aliphatic rings. The van der Waals surface area contributed by atoms with Gasteiger partial charge in [0.05, 0.1) is 29.1 Å². The number of hydrogen-bond donors (Lipinski definition) is 0. The first kappa shape index (κ1) is 14.4. The fourth-order valence-corrected chi connectivity index (χ4v) is 2.56. The summed E-state index contributed by atoms with van der Waals surface area (Å²) in [5.74, 6) is 0.914. The lowest BCUT2D eigenvalue weighted by molar-refractivity contribution is 0.0642. The molecule has 0 bridgehead atoms. The molecule has 0 aliphatic carbocycles. The Hall–Kier alpha value is -1.06. The van der Waals surface area contributed by atoms with Crippen LogP contribution in [0.4, 0.5) is 0 Å². The van der Waals surface area contributed by atoms with E-state index in [0.29, 0.717) is 0 Å². The smallest absolute Gasteiger partial charge is 0.127 e. The molecule has 0 N–H and O–H groups in total. The van der Waals surface area contributed by atoms with Crippen molar-refractivity contribution in [3.63, 3.8) is 0 Å². The van der Waals surface area contributed by atoms with Crippen LogP contribution in [0.25, 0.3) is 11.0 Å². The van der Waals surface area contributed by atoms with Crippen molar-refractivity contribution in [2.24, 2.45) is 0 Å². The molecule has 2 aromatic rings. The summed E-state index contributed by atoms with van der Waals surface area (Å²) in [6.07, 6.45) is 0.150. The van der Waals surface area contributed by atoms with Crippen molar-refractivity contribution in [3.05, 3.63) is 29.6 Å². The molecular formula is C15H21ClN2O. The van der Waals surface area contributed by atoms with Gasteiger partial charge in [0.15, 0.2) is 0 Å². The van der Waals surface area contributed by atoms with Gasteiger partial charge in [-0.3, -0.25) is 0 Å². The molecule has 0 fully saturated rings. The van der Waals surface area contributed by atoms with Crippen LogP contribution in [0.3, 0.4) is 0 Å². The Morgan fingerprint density at radius 2 is 2.11 bits per heavy atom. The molecule has 2 unspecified atom stereocenters. The van der Waals surface area contributed by atoms with Crippen molar-refractivity contribution in [1.29, 1.82) is 0 Å². The summed E-state index contributed by atoms with van der Waals surface area (Å²) in [4.78, 5) is 4.70. The first-order valence-electron chi connectivity index (χ1n) is 6.76. The monoisotopic (exact) mass is 280 g/mol. The van der Waals surface area contributed by atoms with E-state index in [0.717, 1.165) is 30.0 Å². The van der Waals surface area contributed by atoms with Gasteiger partial charge < -0.3 is 9.30 Å². The lowest BCUT2D eigenvalue weighted by Gasteiger charge is -2.16. The standard InChI is InChI=1S/C15H21ClN2O/c1-5-19-11(3)9-18-13-8-6-7-10(2)14(13)17-15(18)12(4)16/h6-8,11-12H,5,9H2,1-4H3. The van der Waals surface area contributed by atoms with Crippen molar-refractivity contribution in [3.8, 4) is 0 Å². The van der Waals surface area contributed by atoms with Gasteiger partial charge >= 0.3 is 0 Å². The van der Waals surface area contributed by atoms with Crippen LogP contribution in [0, 0.1) is 6.92 Å². The van der Waals surface area contributed by atoms with Gasteiger partial charge in [0.25, 0.3) is 0 Å². The number of hydrogen-bond acceptors (Lipinski definition) is 2. The van der Waals surface area contributed by atoms with E-state index in [1.54, 1.807) is 0 Å². The molecule has 0 radical (unpaired) electrons. The van der Waals surface area contributed by atoms with E-state index in [9.17, 15) is 0 Å². The minimum atomic E-state index is -0.111. The summed E-state index contributed by atoms with van der Waals surface area (Å²) in [6.45, 7) is 9.62. The lowest BCUT2D eigenvalue weighted by Crippen LogP contribution is -2.18. The number of fused-ring (bicyclic) bond motifs is 1. The molecule has 3 nitrogen and oxygen atoms in total. The molecule has 2 atom stereocenters. The zero-order chi connectivity index (χ0) is 14.0. The minimum absolute atomic E-state index is 0.111. The van der Waals surface area contributed by atoms with Crippen LogP contribution in [0.15, 0.2) is 18.2 Å². The summed E-state index contributed by atoms with van der Waals surface area (Å²) in [6, 6.07) is 6.23. The largest absolute Gasteiger partial charge is 0.377 e. The van der Waals surface area contributed by atoms with Crippen molar-refractivity contribution < 1.29 is 4.74 Å². The van der Waals surface area contributed by atoms with Gasteiger partial charge in [0, 0.05) is 6.61 Å². The molecule has 0 saturated heterocycles. The molecule has 4 heteroatoms. The van der Waals surface area contributed by atoms with Crippen molar-refractivity contribution in [1.82, 2.24) is 9.55 Å². The zero-order valence-corrected chi connectivity index (χ0v) is 12.7. The molecule has 0 spiro atoms. The average Bonchev–Trinajstić information content (AvgIpc) is 2.70. The molecule has 0 amide bonds. The second-order valence-corrected chi connectivity index (χ2v) is 5.56. The van der Waals surface area contributed by atoms with Gasteiger partial charge in [-0.25, -0.2) is 4.98 Å². The van der Waals surface area contributed by atoms with E-state index < -0.39 is 0 Å². The topological polar surface area (TPSA) is 27.1 Å². The SMILES string of the molecule is CCOC(C)Cn1c(C(C)Cl)nc2c(C)cccc21. The third kappa shape index (κ3) is 2.93. The van der Waals surface area contributed by atoms with Crippen LogP contribution in [-0.4, -0.2) is 22.3 Å². The molecule has 1 aromatic carbocycles. The predicted molar refractivity (Wildman–Crippen MR) is 79.8 cm³/mol. The van der Waals surface area contributed by atoms with Crippen LogP contribution >= 0.6 is 11.6 Å². The number of para-hydroxylation sites is 1. The maximum Gasteiger partial charge on any atom is 0.127 e. The molecular weight excluding hydrogens is 260 g/mol. The number of benzene rings is 1. The summed E-state index contributed by atoms with van der Waals surface area (Å²) in [5, 5.41) is -0.111. The van der Waals surface area contributed by atoms with Gasteiger partial charge in [-0.1, -0.05) is 12.1 Å². The summed E-state index contributed by atoms with van der Waals surface area (Å²) < 4.78 is 7.82. The van der Waals surface area contributed by atoms with E-state index in [2.05, 4.69) is 36.6 Å². The molecule has 1 aromatic heterocycles. The van der Waals surface area contributed by atoms with E-state index in [1.807, 2.05) is 13.8 Å². The van der Waals surface area contributed by atoms with E-state index in [4.69, 9.17) is 21.3 Å². The Balaban J connectivity index is 2.49. The number of halogens is 1. The van der Waals surface area contributed by atoms with Crippen molar-refractivity contribution >= 4 is 22.6 Å². The van der Waals surface area contributed by atoms with Crippen molar-refractivity contribution in [2.45, 2.75) is 45.7 Å². The summed E-state index contributed by atoms with van der Waals surface area (Å²) in [7, 11) is 0. The van der Waals surface area contributed by atoms with Crippen LogP contribution in [0.5, 0.6) is 0 Å². The highest BCUT2D eigenvalue weighted by molar-refractivity contribution is 6.20. The summed E-state index contributed by atoms with van der Waals surface area (Å²) >= 11 is 6.27. The van der Waals surface area contributed by atoms with Crippen molar-refractivity contribution in [2.75, 3.05) is 6.61 Å². The lowest BCUT2D eigenvalue weighted by atomic mass is 10.2. The third-order valence-corrected chi connectivity index (χ3v) is 3.45. The van der Waals surface area contributed by atoms with Gasteiger partial charge in [0.1, 0.15) is 5.82 Å². The Labute approximate surface area is 119 Å². The Bertz CT molecular complexity index is 563. The van der Waals surface area contributed by atoms with E-state index in [1.165, 1.54) is 5.56 Å². The maximum absolute atomic E-state index is 6.27. The van der Waals surface area contributed by atoms with Crippen LogP contribution in [0.2, 0.25) is 0 Å². The Morgan fingerprint density at radius 1 is 1.37 bits per heavy atom. The van der Waals surface area contributed by atoms with E-state index >= 15 is 0 Å². The van der Waals surface area contributed by atoms with Crippen LogP contribution < -0.4 is 0 Å². The number of imidazole rings is 1. The number of ether oxygens (including phenoxy) is 1. The molecule has 104 valence electrons. The number of alkyl halides is 1. The van der Waals surface area contributed by atoms with Gasteiger partial charge in [-0.15, -0.1) is 11.6 Å². The van der Waals surface area contributed by atoms with Gasteiger partial charge in [0.2, 0.25) is 0 Å². The minimum Gasteiger partial charge on any atom is -0.377 e. The first-order valence-corrected chi connectivity index (χ1v) is 7.19. The maximum atomic E-state index is 6.27. The molecule has 2 rings (SSSR count). The Kier molecular flexibility index (Phi) is 4.48.